The third-order valence-electron chi connectivity index (χ3n) is 2.85. The van der Waals surface area contributed by atoms with E-state index in [1.165, 1.54) is 12.1 Å². The lowest BCUT2D eigenvalue weighted by Crippen LogP contribution is -2.01. The highest BCUT2D eigenvalue weighted by Crippen LogP contribution is 2.26. The van der Waals surface area contributed by atoms with E-state index in [-0.39, 0.29) is 11.4 Å². The summed E-state index contributed by atoms with van der Waals surface area (Å²) in [7, 11) is 0. The number of hydrogen-bond acceptors (Lipinski definition) is 5. The lowest BCUT2D eigenvalue weighted by Gasteiger charge is -2.09. The first kappa shape index (κ1) is 14.6. The minimum absolute atomic E-state index is 0.0193. The quantitative estimate of drug-likeness (QED) is 0.629. The lowest BCUT2D eigenvalue weighted by atomic mass is 10.2. The SMILES string of the molecule is CCOc1cc(NCc2ccc(O)cc2)cc([N+](=O)[O-])c1. The van der Waals surface area contributed by atoms with Crippen LogP contribution in [-0.2, 0) is 6.54 Å². The number of nitrogens with zero attached hydrogens (tertiary/aromatic N) is 1. The van der Waals surface area contributed by atoms with Crippen LogP contribution in [0.15, 0.2) is 42.5 Å². The molecule has 2 rings (SSSR count). The van der Waals surface area contributed by atoms with Gasteiger partial charge in [-0.25, -0.2) is 0 Å². The molecule has 0 heterocycles. The maximum Gasteiger partial charge on any atom is 0.275 e. The van der Waals surface area contributed by atoms with E-state index < -0.39 is 4.92 Å². The van der Waals surface area contributed by atoms with Crippen molar-refractivity contribution in [3.63, 3.8) is 0 Å². The van der Waals surface area contributed by atoms with E-state index in [0.29, 0.717) is 24.6 Å². The van der Waals surface area contributed by atoms with Crippen molar-refractivity contribution in [2.45, 2.75) is 13.5 Å². The van der Waals surface area contributed by atoms with Gasteiger partial charge in [0, 0.05) is 24.4 Å². The van der Waals surface area contributed by atoms with Crippen LogP contribution in [0.5, 0.6) is 11.5 Å². The second-order valence-electron chi connectivity index (χ2n) is 4.43. The number of non-ortho nitro benzene ring substituents is 1. The number of hydrogen-bond donors (Lipinski definition) is 2. The molecule has 0 bridgehead atoms. The lowest BCUT2D eigenvalue weighted by molar-refractivity contribution is -0.384. The first-order valence-corrected chi connectivity index (χ1v) is 6.52. The van der Waals surface area contributed by atoms with Crippen LogP contribution in [0.1, 0.15) is 12.5 Å². The summed E-state index contributed by atoms with van der Waals surface area (Å²) < 4.78 is 5.33. The fraction of sp³-hybridized carbons (Fsp3) is 0.200. The number of nitro groups is 1. The summed E-state index contributed by atoms with van der Waals surface area (Å²) in [5.41, 5.74) is 1.55. The van der Waals surface area contributed by atoms with Gasteiger partial charge in [0.25, 0.3) is 5.69 Å². The van der Waals surface area contributed by atoms with Gasteiger partial charge in [-0.1, -0.05) is 12.1 Å². The Morgan fingerprint density at radius 2 is 1.95 bits per heavy atom. The molecule has 0 spiro atoms. The maximum atomic E-state index is 10.9. The maximum absolute atomic E-state index is 10.9. The number of phenolic OH excluding ortho intramolecular Hbond substituents is 1. The first-order valence-electron chi connectivity index (χ1n) is 6.52. The van der Waals surface area contributed by atoms with Gasteiger partial charge in [0.05, 0.1) is 17.6 Å². The topological polar surface area (TPSA) is 84.6 Å². The number of nitrogens with one attached hydrogen (secondary N) is 1. The first-order chi connectivity index (χ1) is 10.1. The van der Waals surface area contributed by atoms with E-state index in [1.54, 1.807) is 30.3 Å². The van der Waals surface area contributed by atoms with Gasteiger partial charge in [0.2, 0.25) is 0 Å². The number of nitro benzene ring substituents is 1. The molecule has 0 unspecified atom stereocenters. The predicted octanol–water partition coefficient (Wildman–Crippen LogP) is 3.31. The molecule has 0 saturated carbocycles. The van der Waals surface area contributed by atoms with Crippen molar-refractivity contribution in [2.75, 3.05) is 11.9 Å². The van der Waals surface area contributed by atoms with Gasteiger partial charge in [0.1, 0.15) is 11.5 Å². The molecule has 0 fully saturated rings. The fourth-order valence-corrected chi connectivity index (χ4v) is 1.86. The van der Waals surface area contributed by atoms with Gasteiger partial charge in [-0.3, -0.25) is 10.1 Å². The summed E-state index contributed by atoms with van der Waals surface area (Å²) in [6.07, 6.45) is 0. The summed E-state index contributed by atoms with van der Waals surface area (Å²) in [6, 6.07) is 11.3. The molecule has 0 atom stereocenters. The molecule has 6 heteroatoms. The van der Waals surface area contributed by atoms with Crippen LogP contribution in [0.25, 0.3) is 0 Å². The van der Waals surface area contributed by atoms with Gasteiger partial charge in [-0.15, -0.1) is 0 Å². The van der Waals surface area contributed by atoms with Crippen LogP contribution in [-0.4, -0.2) is 16.6 Å². The normalized spacial score (nSPS) is 10.1. The van der Waals surface area contributed by atoms with Crippen molar-refractivity contribution in [3.05, 3.63) is 58.1 Å². The van der Waals surface area contributed by atoms with E-state index >= 15 is 0 Å². The van der Waals surface area contributed by atoms with Crippen LogP contribution in [0.2, 0.25) is 0 Å². The molecule has 110 valence electrons. The van der Waals surface area contributed by atoms with E-state index in [9.17, 15) is 15.2 Å². The highest BCUT2D eigenvalue weighted by molar-refractivity contribution is 5.56. The van der Waals surface area contributed by atoms with E-state index in [2.05, 4.69) is 5.32 Å². The zero-order chi connectivity index (χ0) is 15.2. The van der Waals surface area contributed by atoms with Crippen molar-refractivity contribution in [1.82, 2.24) is 0 Å². The minimum Gasteiger partial charge on any atom is -0.508 e. The van der Waals surface area contributed by atoms with Gasteiger partial charge in [-0.05, 0) is 24.6 Å². The Hall–Kier alpha value is -2.76. The molecule has 0 aromatic heterocycles. The highest BCUT2D eigenvalue weighted by Gasteiger charge is 2.10. The molecule has 2 aromatic carbocycles. The minimum atomic E-state index is -0.450. The van der Waals surface area contributed by atoms with Crippen LogP contribution in [0.4, 0.5) is 11.4 Å². The van der Waals surface area contributed by atoms with Crippen LogP contribution < -0.4 is 10.1 Å². The molecule has 0 aliphatic heterocycles. The Morgan fingerprint density at radius 3 is 2.57 bits per heavy atom. The summed E-state index contributed by atoms with van der Waals surface area (Å²) in [4.78, 5) is 10.5. The second kappa shape index (κ2) is 6.60. The van der Waals surface area contributed by atoms with Crippen LogP contribution in [0, 0.1) is 10.1 Å². The average molecular weight is 288 g/mol. The molecule has 0 aliphatic carbocycles. The molecule has 21 heavy (non-hydrogen) atoms. The average Bonchev–Trinajstić information content (AvgIpc) is 2.47. The van der Waals surface area contributed by atoms with E-state index in [1.807, 2.05) is 6.92 Å². The fourth-order valence-electron chi connectivity index (χ4n) is 1.86. The molecular weight excluding hydrogens is 272 g/mol. The van der Waals surface area contributed by atoms with Gasteiger partial charge in [0.15, 0.2) is 0 Å². The van der Waals surface area contributed by atoms with Crippen molar-refractivity contribution < 1.29 is 14.8 Å². The molecule has 0 saturated heterocycles. The Kier molecular flexibility index (Phi) is 4.61. The molecular formula is C15H16N2O4. The Labute approximate surface area is 122 Å². The summed E-state index contributed by atoms with van der Waals surface area (Å²) in [5, 5.41) is 23.2. The van der Waals surface area contributed by atoms with Gasteiger partial charge in [-0.2, -0.15) is 0 Å². The van der Waals surface area contributed by atoms with Crippen molar-refractivity contribution in [3.8, 4) is 11.5 Å². The molecule has 0 aliphatic rings. The smallest absolute Gasteiger partial charge is 0.275 e. The Morgan fingerprint density at radius 1 is 1.24 bits per heavy atom. The molecule has 2 N–H and O–H groups in total. The predicted molar refractivity (Wildman–Crippen MR) is 79.7 cm³/mol. The Balaban J connectivity index is 2.14. The van der Waals surface area contributed by atoms with Crippen molar-refractivity contribution in [1.29, 1.82) is 0 Å². The van der Waals surface area contributed by atoms with Crippen LogP contribution in [0.3, 0.4) is 0 Å². The summed E-state index contributed by atoms with van der Waals surface area (Å²) in [5.74, 6) is 0.660. The van der Waals surface area contributed by atoms with Gasteiger partial charge < -0.3 is 15.2 Å². The number of aromatic hydroxyl groups is 1. The molecule has 0 radical (unpaired) electrons. The summed E-state index contributed by atoms with van der Waals surface area (Å²) >= 11 is 0. The highest BCUT2D eigenvalue weighted by atomic mass is 16.6. The van der Waals surface area contributed by atoms with Crippen molar-refractivity contribution >= 4 is 11.4 Å². The summed E-state index contributed by atoms with van der Waals surface area (Å²) in [6.45, 7) is 2.76. The third-order valence-corrected chi connectivity index (χ3v) is 2.85. The second-order valence-corrected chi connectivity index (χ2v) is 4.43. The number of rotatable bonds is 6. The largest absolute Gasteiger partial charge is 0.508 e. The Bertz CT molecular complexity index is 626. The van der Waals surface area contributed by atoms with Gasteiger partial charge >= 0.3 is 0 Å². The zero-order valence-electron chi connectivity index (χ0n) is 11.6. The third kappa shape index (κ3) is 4.10. The van der Waals surface area contributed by atoms with E-state index in [0.717, 1.165) is 5.56 Å². The monoisotopic (exact) mass is 288 g/mol. The van der Waals surface area contributed by atoms with E-state index in [4.69, 9.17) is 4.74 Å². The molecule has 6 nitrogen and oxygen atoms in total. The van der Waals surface area contributed by atoms with Crippen molar-refractivity contribution in [2.24, 2.45) is 0 Å². The number of phenols is 1. The number of ether oxygens (including phenoxy) is 1. The molecule has 2 aromatic rings. The number of benzene rings is 2. The zero-order valence-corrected chi connectivity index (χ0v) is 11.6. The standard InChI is InChI=1S/C15H16N2O4/c1-2-21-15-8-12(7-13(9-15)17(19)20)16-10-11-3-5-14(18)6-4-11/h3-9,16,18H,2,10H2,1H3. The number of anilines is 1. The van der Waals surface area contributed by atoms with Crippen LogP contribution >= 0.6 is 0 Å². The molecule has 0 amide bonds.